The molecule has 1 amide bonds. The second-order valence-electron chi connectivity index (χ2n) is 7.49. The summed E-state index contributed by atoms with van der Waals surface area (Å²) in [6, 6.07) is 14.7. The molecule has 0 aromatic heterocycles. The maximum absolute atomic E-state index is 13.3. The average Bonchev–Trinajstić information content (AvgIpc) is 3.18. The summed E-state index contributed by atoms with van der Waals surface area (Å²) in [7, 11) is 3.11. The summed E-state index contributed by atoms with van der Waals surface area (Å²) < 4.78 is 16.3. The minimum absolute atomic E-state index is 0.0375. The van der Waals surface area contributed by atoms with Crippen LogP contribution in [0.2, 0.25) is 0 Å². The molecule has 2 aromatic rings. The molecule has 8 heteroatoms. The van der Waals surface area contributed by atoms with Gasteiger partial charge in [-0.25, -0.2) is 0 Å². The Labute approximate surface area is 191 Å². The standard InChI is InChI=1S/C24H24N2O5S/c1-4-31-16-7-5-15(6-8-16)24(28)14-32-23-20(13-25)18(12-22(27)26(23)24)19-11-17(29-2)9-10-21(19)30-3/h5-11,18,28H,4,12,14H2,1-3H3/t18-,24-/m0/s1. The van der Waals surface area contributed by atoms with Gasteiger partial charge in [0, 0.05) is 23.5 Å². The van der Waals surface area contributed by atoms with Crippen molar-refractivity contribution < 1.29 is 24.1 Å². The third-order valence-electron chi connectivity index (χ3n) is 5.75. The van der Waals surface area contributed by atoms with Crippen molar-refractivity contribution >= 4 is 17.7 Å². The first kappa shape index (κ1) is 22.1. The van der Waals surface area contributed by atoms with Crippen molar-refractivity contribution in [3.8, 4) is 23.3 Å². The average molecular weight is 453 g/mol. The molecule has 1 fully saturated rings. The largest absolute Gasteiger partial charge is 0.497 e. The van der Waals surface area contributed by atoms with Gasteiger partial charge in [-0.15, -0.1) is 11.8 Å². The Kier molecular flexibility index (Phi) is 6.04. The first-order valence-corrected chi connectivity index (χ1v) is 11.2. The zero-order valence-electron chi connectivity index (χ0n) is 18.1. The van der Waals surface area contributed by atoms with Crippen LogP contribution in [0, 0.1) is 11.3 Å². The number of benzene rings is 2. The summed E-state index contributed by atoms with van der Waals surface area (Å²) in [6.07, 6.45) is 0.0375. The van der Waals surface area contributed by atoms with Crippen LogP contribution >= 0.6 is 11.8 Å². The van der Waals surface area contributed by atoms with Crippen LogP contribution in [-0.4, -0.2) is 42.5 Å². The lowest BCUT2D eigenvalue weighted by atomic mass is 9.84. The van der Waals surface area contributed by atoms with Crippen LogP contribution in [0.5, 0.6) is 17.2 Å². The molecule has 2 aliphatic heterocycles. The fraction of sp³-hybridized carbons (Fsp3) is 0.333. The van der Waals surface area contributed by atoms with E-state index in [1.807, 2.05) is 6.92 Å². The SMILES string of the molecule is CCOc1ccc([C@@]2(O)CSC3=C(C#N)[C@H](c4cc(OC)ccc4OC)CC(=O)N32)cc1. The summed E-state index contributed by atoms with van der Waals surface area (Å²) >= 11 is 1.31. The number of carbonyl (C=O) groups excluding carboxylic acids is 1. The molecule has 0 saturated carbocycles. The van der Waals surface area contributed by atoms with Crippen LogP contribution in [0.1, 0.15) is 30.4 Å². The molecule has 2 aliphatic rings. The zero-order valence-corrected chi connectivity index (χ0v) is 18.9. The number of thioether (sulfide) groups is 1. The highest BCUT2D eigenvalue weighted by molar-refractivity contribution is 8.03. The first-order chi connectivity index (χ1) is 15.5. The molecule has 0 radical (unpaired) electrons. The predicted octanol–water partition coefficient (Wildman–Crippen LogP) is 3.75. The number of nitriles is 1. The summed E-state index contributed by atoms with van der Waals surface area (Å²) in [4.78, 5) is 14.7. The maximum atomic E-state index is 13.3. The molecular weight excluding hydrogens is 428 g/mol. The molecule has 4 rings (SSSR count). The Hall–Kier alpha value is -3.15. The van der Waals surface area contributed by atoms with Gasteiger partial charge in [-0.1, -0.05) is 12.1 Å². The van der Waals surface area contributed by atoms with Crippen molar-refractivity contribution in [2.45, 2.75) is 25.0 Å². The Morgan fingerprint density at radius 1 is 1.19 bits per heavy atom. The Morgan fingerprint density at radius 3 is 2.53 bits per heavy atom. The number of allylic oxidation sites excluding steroid dienone is 1. The van der Waals surface area contributed by atoms with Gasteiger partial charge in [-0.3, -0.25) is 9.69 Å². The quantitative estimate of drug-likeness (QED) is 0.714. The number of hydrogen-bond donors (Lipinski definition) is 1. The number of aliphatic hydroxyl groups is 1. The molecule has 1 N–H and O–H groups in total. The number of carbonyl (C=O) groups is 1. The van der Waals surface area contributed by atoms with Gasteiger partial charge in [0.2, 0.25) is 5.91 Å². The van der Waals surface area contributed by atoms with E-state index < -0.39 is 11.6 Å². The highest BCUT2D eigenvalue weighted by Gasteiger charge is 2.52. The third-order valence-corrected chi connectivity index (χ3v) is 6.97. The molecule has 0 bridgehead atoms. The molecule has 0 aliphatic carbocycles. The highest BCUT2D eigenvalue weighted by Crippen LogP contribution is 2.52. The van der Waals surface area contributed by atoms with Crippen LogP contribution in [-0.2, 0) is 10.5 Å². The Morgan fingerprint density at radius 2 is 1.91 bits per heavy atom. The third kappa shape index (κ3) is 3.57. The van der Waals surface area contributed by atoms with E-state index in [9.17, 15) is 15.2 Å². The van der Waals surface area contributed by atoms with Gasteiger partial charge in [0.1, 0.15) is 17.2 Å². The predicted molar refractivity (Wildman–Crippen MR) is 120 cm³/mol. The van der Waals surface area contributed by atoms with Crippen LogP contribution < -0.4 is 14.2 Å². The van der Waals surface area contributed by atoms with Gasteiger partial charge in [0.15, 0.2) is 5.72 Å². The molecule has 2 aromatic carbocycles. The Bertz CT molecular complexity index is 1110. The van der Waals surface area contributed by atoms with E-state index in [0.717, 1.165) is 0 Å². The minimum atomic E-state index is -1.53. The van der Waals surface area contributed by atoms with Crippen molar-refractivity contribution in [1.29, 1.82) is 5.26 Å². The van der Waals surface area contributed by atoms with Gasteiger partial charge >= 0.3 is 0 Å². The molecule has 2 heterocycles. The van der Waals surface area contributed by atoms with Crippen LogP contribution in [0.4, 0.5) is 0 Å². The number of hydrogen-bond acceptors (Lipinski definition) is 7. The molecule has 0 spiro atoms. The smallest absolute Gasteiger partial charge is 0.231 e. The molecule has 166 valence electrons. The molecule has 7 nitrogen and oxygen atoms in total. The van der Waals surface area contributed by atoms with Crippen molar-refractivity contribution in [3.05, 3.63) is 64.2 Å². The van der Waals surface area contributed by atoms with E-state index in [2.05, 4.69) is 6.07 Å². The molecule has 32 heavy (non-hydrogen) atoms. The molecular formula is C24H24N2O5S. The number of fused-ring (bicyclic) bond motifs is 1. The number of ether oxygens (including phenoxy) is 3. The number of methoxy groups -OCH3 is 2. The maximum Gasteiger partial charge on any atom is 0.231 e. The Balaban J connectivity index is 1.77. The summed E-state index contributed by atoms with van der Waals surface area (Å²) in [6.45, 7) is 2.44. The van der Waals surface area contributed by atoms with Crippen molar-refractivity contribution in [2.75, 3.05) is 26.6 Å². The van der Waals surface area contributed by atoms with Crippen LogP contribution in [0.3, 0.4) is 0 Å². The lowest BCUT2D eigenvalue weighted by Crippen LogP contribution is -2.48. The van der Waals surface area contributed by atoms with Gasteiger partial charge in [0.25, 0.3) is 0 Å². The number of nitrogens with zero attached hydrogens (tertiary/aromatic N) is 2. The fourth-order valence-electron chi connectivity index (χ4n) is 4.20. The van der Waals surface area contributed by atoms with E-state index in [4.69, 9.17) is 14.2 Å². The summed E-state index contributed by atoms with van der Waals surface area (Å²) in [5.74, 6) is 1.37. The second-order valence-corrected chi connectivity index (χ2v) is 8.45. The monoisotopic (exact) mass is 452 g/mol. The van der Waals surface area contributed by atoms with Crippen molar-refractivity contribution in [1.82, 2.24) is 4.90 Å². The van der Waals surface area contributed by atoms with E-state index in [1.54, 1.807) is 56.7 Å². The van der Waals surface area contributed by atoms with Crippen LogP contribution in [0.25, 0.3) is 0 Å². The minimum Gasteiger partial charge on any atom is -0.497 e. The van der Waals surface area contributed by atoms with Gasteiger partial charge in [0.05, 0.1) is 43.3 Å². The van der Waals surface area contributed by atoms with Crippen LogP contribution in [0.15, 0.2) is 53.1 Å². The van der Waals surface area contributed by atoms with Crippen molar-refractivity contribution in [3.63, 3.8) is 0 Å². The topological polar surface area (TPSA) is 92.0 Å². The fourth-order valence-corrected chi connectivity index (χ4v) is 5.56. The molecule has 1 saturated heterocycles. The molecule has 0 unspecified atom stereocenters. The van der Waals surface area contributed by atoms with Gasteiger partial charge in [-0.2, -0.15) is 5.26 Å². The van der Waals surface area contributed by atoms with Crippen molar-refractivity contribution in [2.24, 2.45) is 0 Å². The van der Waals surface area contributed by atoms with E-state index in [0.29, 0.717) is 45.6 Å². The lowest BCUT2D eigenvalue weighted by Gasteiger charge is -2.38. The zero-order chi connectivity index (χ0) is 22.9. The summed E-state index contributed by atoms with van der Waals surface area (Å²) in [5.41, 5.74) is 0.184. The second kappa shape index (κ2) is 8.77. The number of rotatable bonds is 6. The van der Waals surface area contributed by atoms with Gasteiger partial charge in [-0.05, 0) is 37.3 Å². The lowest BCUT2D eigenvalue weighted by molar-refractivity contribution is -0.149. The summed E-state index contributed by atoms with van der Waals surface area (Å²) in [5, 5.41) is 22.1. The molecule has 2 atom stereocenters. The van der Waals surface area contributed by atoms with E-state index in [-0.39, 0.29) is 18.1 Å². The first-order valence-electron chi connectivity index (χ1n) is 10.2. The number of amides is 1. The van der Waals surface area contributed by atoms with E-state index in [1.165, 1.54) is 16.7 Å². The van der Waals surface area contributed by atoms with Gasteiger partial charge < -0.3 is 19.3 Å². The highest BCUT2D eigenvalue weighted by atomic mass is 32.2. The van der Waals surface area contributed by atoms with E-state index >= 15 is 0 Å². The normalized spacial score (nSPS) is 22.4.